The Morgan fingerprint density at radius 1 is 1.28 bits per heavy atom. The van der Waals surface area contributed by atoms with Gasteiger partial charge in [0.25, 0.3) is 0 Å². The molecular formula is C21H22N4O3S. The first-order valence-electron chi connectivity index (χ1n) is 9.50. The molecule has 1 atom stereocenters. The molecule has 7 nitrogen and oxygen atoms in total. The molecule has 1 fully saturated rings. The monoisotopic (exact) mass is 410 g/mol. The summed E-state index contributed by atoms with van der Waals surface area (Å²) >= 11 is 1.43. The highest BCUT2D eigenvalue weighted by molar-refractivity contribution is 7.22. The Morgan fingerprint density at radius 2 is 2.07 bits per heavy atom. The van der Waals surface area contributed by atoms with Gasteiger partial charge in [-0.3, -0.25) is 10.1 Å². The van der Waals surface area contributed by atoms with E-state index in [0.29, 0.717) is 18.3 Å². The number of amides is 3. The normalized spacial score (nSPS) is 16.3. The van der Waals surface area contributed by atoms with E-state index in [2.05, 4.69) is 15.6 Å². The second kappa shape index (κ2) is 8.08. The molecule has 1 aliphatic heterocycles. The number of aryl methyl sites for hydroxylation is 1. The van der Waals surface area contributed by atoms with Gasteiger partial charge in [0.2, 0.25) is 5.91 Å². The number of urea groups is 1. The zero-order valence-corrected chi connectivity index (χ0v) is 17.1. The highest BCUT2D eigenvalue weighted by atomic mass is 32.1. The van der Waals surface area contributed by atoms with Gasteiger partial charge < -0.3 is 15.0 Å². The molecule has 1 saturated heterocycles. The highest BCUT2D eigenvalue weighted by Gasteiger charge is 2.31. The SMILES string of the molecule is CCOc1ccc(N2C[C@H](NC(=O)Nc3nc4ccc(C)cc4s3)CC2=O)cc1. The number of rotatable bonds is 5. The number of hydrogen-bond acceptors (Lipinski definition) is 5. The minimum atomic E-state index is -0.355. The Labute approximate surface area is 172 Å². The largest absolute Gasteiger partial charge is 0.494 e. The average Bonchev–Trinajstić information content (AvgIpc) is 3.24. The number of nitrogens with one attached hydrogen (secondary N) is 2. The molecule has 0 aliphatic carbocycles. The number of fused-ring (bicyclic) bond motifs is 1. The molecule has 8 heteroatoms. The predicted octanol–water partition coefficient (Wildman–Crippen LogP) is 3.93. The van der Waals surface area contributed by atoms with Gasteiger partial charge in [0.15, 0.2) is 5.13 Å². The van der Waals surface area contributed by atoms with Crippen molar-refractivity contribution in [3.63, 3.8) is 0 Å². The number of benzene rings is 2. The summed E-state index contributed by atoms with van der Waals surface area (Å²) < 4.78 is 6.46. The molecule has 2 heterocycles. The molecular weight excluding hydrogens is 388 g/mol. The summed E-state index contributed by atoms with van der Waals surface area (Å²) in [6.45, 7) is 4.97. The van der Waals surface area contributed by atoms with Crippen molar-refractivity contribution >= 4 is 44.3 Å². The standard InChI is InChI=1S/C21H22N4O3S/c1-3-28-16-7-5-15(6-8-16)25-12-14(11-19(25)26)22-20(27)24-21-23-17-9-4-13(2)10-18(17)29-21/h4-10,14H,3,11-12H2,1-2H3,(H2,22,23,24,27)/t14-/m1/s1. The summed E-state index contributed by atoms with van der Waals surface area (Å²) in [5, 5.41) is 6.19. The van der Waals surface area contributed by atoms with Crippen molar-refractivity contribution in [3.8, 4) is 5.75 Å². The molecule has 29 heavy (non-hydrogen) atoms. The van der Waals surface area contributed by atoms with Gasteiger partial charge in [0.05, 0.1) is 22.9 Å². The molecule has 0 unspecified atom stereocenters. The van der Waals surface area contributed by atoms with Crippen LogP contribution in [0.25, 0.3) is 10.2 Å². The van der Waals surface area contributed by atoms with Gasteiger partial charge in [-0.25, -0.2) is 9.78 Å². The second-order valence-electron chi connectivity index (χ2n) is 6.92. The Morgan fingerprint density at radius 3 is 2.83 bits per heavy atom. The van der Waals surface area contributed by atoms with E-state index in [4.69, 9.17) is 4.74 Å². The smallest absolute Gasteiger partial charge is 0.321 e. The van der Waals surface area contributed by atoms with E-state index in [1.807, 2.05) is 56.3 Å². The van der Waals surface area contributed by atoms with Crippen molar-refractivity contribution in [3.05, 3.63) is 48.0 Å². The van der Waals surface area contributed by atoms with Crippen LogP contribution in [0, 0.1) is 6.92 Å². The van der Waals surface area contributed by atoms with Crippen molar-refractivity contribution in [2.75, 3.05) is 23.4 Å². The van der Waals surface area contributed by atoms with Crippen LogP contribution in [0.3, 0.4) is 0 Å². The quantitative estimate of drug-likeness (QED) is 0.668. The molecule has 1 aliphatic rings. The van der Waals surface area contributed by atoms with Crippen molar-refractivity contribution in [2.45, 2.75) is 26.3 Å². The van der Waals surface area contributed by atoms with E-state index in [1.165, 1.54) is 11.3 Å². The summed E-state index contributed by atoms with van der Waals surface area (Å²) in [5.74, 6) is 0.748. The average molecular weight is 410 g/mol. The fourth-order valence-corrected chi connectivity index (χ4v) is 4.31. The number of carbonyl (C=O) groups excluding carboxylic acids is 2. The Balaban J connectivity index is 1.36. The van der Waals surface area contributed by atoms with Gasteiger partial charge >= 0.3 is 6.03 Å². The predicted molar refractivity (Wildman–Crippen MR) is 115 cm³/mol. The maximum atomic E-state index is 12.4. The number of aromatic nitrogens is 1. The first-order chi connectivity index (χ1) is 14.0. The van der Waals surface area contributed by atoms with Crippen LogP contribution in [0.1, 0.15) is 18.9 Å². The second-order valence-corrected chi connectivity index (χ2v) is 7.95. The van der Waals surface area contributed by atoms with Crippen LogP contribution in [0.15, 0.2) is 42.5 Å². The van der Waals surface area contributed by atoms with Gasteiger partial charge in [-0.15, -0.1) is 0 Å². The Hall–Kier alpha value is -3.13. The van der Waals surface area contributed by atoms with Crippen LogP contribution in [-0.4, -0.2) is 36.1 Å². The minimum Gasteiger partial charge on any atom is -0.494 e. The van der Waals surface area contributed by atoms with E-state index in [1.54, 1.807) is 4.90 Å². The third kappa shape index (κ3) is 4.32. The molecule has 0 spiro atoms. The van der Waals surface area contributed by atoms with Crippen LogP contribution in [0.5, 0.6) is 5.75 Å². The molecule has 2 N–H and O–H groups in total. The highest BCUT2D eigenvalue weighted by Crippen LogP contribution is 2.27. The van der Waals surface area contributed by atoms with Crippen LogP contribution in [-0.2, 0) is 4.79 Å². The lowest BCUT2D eigenvalue weighted by atomic mass is 10.2. The number of nitrogens with zero attached hydrogens (tertiary/aromatic N) is 2. The summed E-state index contributed by atoms with van der Waals surface area (Å²) in [6, 6.07) is 12.8. The molecule has 3 amide bonds. The number of ether oxygens (including phenoxy) is 1. The van der Waals surface area contributed by atoms with Crippen molar-refractivity contribution in [1.82, 2.24) is 10.3 Å². The summed E-state index contributed by atoms with van der Waals surface area (Å²) in [7, 11) is 0. The first kappa shape index (κ1) is 19.2. The summed E-state index contributed by atoms with van der Waals surface area (Å²) in [5.41, 5.74) is 2.80. The molecule has 3 aromatic rings. The number of thiazole rings is 1. The third-order valence-electron chi connectivity index (χ3n) is 4.68. The zero-order chi connectivity index (χ0) is 20.4. The first-order valence-corrected chi connectivity index (χ1v) is 10.3. The summed E-state index contributed by atoms with van der Waals surface area (Å²) in [4.78, 5) is 30.9. The van der Waals surface area contributed by atoms with Crippen LogP contribution in [0.4, 0.5) is 15.6 Å². The maximum absolute atomic E-state index is 12.4. The fourth-order valence-electron chi connectivity index (χ4n) is 3.35. The Bertz CT molecular complexity index is 1050. The lowest BCUT2D eigenvalue weighted by molar-refractivity contribution is -0.117. The molecule has 1 aromatic heterocycles. The van der Waals surface area contributed by atoms with Crippen LogP contribution < -0.4 is 20.3 Å². The topological polar surface area (TPSA) is 83.6 Å². The van der Waals surface area contributed by atoms with Gasteiger partial charge in [-0.2, -0.15) is 0 Å². The zero-order valence-electron chi connectivity index (χ0n) is 16.3. The van der Waals surface area contributed by atoms with Crippen molar-refractivity contribution < 1.29 is 14.3 Å². The van der Waals surface area contributed by atoms with Gasteiger partial charge in [0, 0.05) is 18.7 Å². The van der Waals surface area contributed by atoms with E-state index in [-0.39, 0.29) is 24.4 Å². The minimum absolute atomic E-state index is 0.0186. The summed E-state index contributed by atoms with van der Waals surface area (Å²) in [6.07, 6.45) is 0.264. The van der Waals surface area contributed by atoms with Gasteiger partial charge in [-0.1, -0.05) is 17.4 Å². The fraction of sp³-hybridized carbons (Fsp3) is 0.286. The van der Waals surface area contributed by atoms with E-state index < -0.39 is 0 Å². The van der Waals surface area contributed by atoms with E-state index in [9.17, 15) is 9.59 Å². The molecule has 0 bridgehead atoms. The number of hydrogen-bond donors (Lipinski definition) is 2. The number of anilines is 2. The van der Waals surface area contributed by atoms with E-state index >= 15 is 0 Å². The van der Waals surface area contributed by atoms with Gasteiger partial charge in [-0.05, 0) is 55.8 Å². The van der Waals surface area contributed by atoms with Crippen molar-refractivity contribution in [1.29, 1.82) is 0 Å². The third-order valence-corrected chi connectivity index (χ3v) is 5.62. The van der Waals surface area contributed by atoms with Crippen molar-refractivity contribution in [2.24, 2.45) is 0 Å². The molecule has 0 saturated carbocycles. The molecule has 0 radical (unpaired) electrons. The maximum Gasteiger partial charge on any atom is 0.321 e. The molecule has 4 rings (SSSR count). The van der Waals surface area contributed by atoms with Crippen LogP contribution in [0.2, 0.25) is 0 Å². The number of carbonyl (C=O) groups is 2. The van der Waals surface area contributed by atoms with E-state index in [0.717, 1.165) is 27.2 Å². The lowest BCUT2D eigenvalue weighted by Crippen LogP contribution is -2.39. The van der Waals surface area contributed by atoms with Gasteiger partial charge in [0.1, 0.15) is 5.75 Å². The lowest BCUT2D eigenvalue weighted by Gasteiger charge is -2.17. The molecule has 150 valence electrons. The van der Waals surface area contributed by atoms with Crippen LogP contribution >= 0.6 is 11.3 Å². The Kier molecular flexibility index (Phi) is 5.35. The molecule has 2 aromatic carbocycles.